The van der Waals surface area contributed by atoms with Gasteiger partial charge in [-0.3, -0.25) is 0 Å². The van der Waals surface area contributed by atoms with E-state index in [1.807, 2.05) is 36.4 Å². The molecule has 0 aromatic heterocycles. The van der Waals surface area contributed by atoms with Gasteiger partial charge in [-0.25, -0.2) is 4.79 Å². The Morgan fingerprint density at radius 2 is 2.00 bits per heavy atom. The zero-order valence-electron chi connectivity index (χ0n) is 11.4. The third-order valence-electron chi connectivity index (χ3n) is 2.67. The fourth-order valence-corrected chi connectivity index (χ4v) is 1.45. The van der Waals surface area contributed by atoms with Crippen LogP contribution in [0.1, 0.15) is 32.3 Å². The molecular weight excluding hydrogens is 240 g/mol. The molecule has 0 radical (unpaired) electrons. The molecule has 0 spiro atoms. The fraction of sp³-hybridized carbons (Fsp3) is 0.312. The normalized spacial score (nSPS) is 12.3. The van der Waals surface area contributed by atoms with Crippen molar-refractivity contribution in [3.05, 3.63) is 53.3 Å². The number of allylic oxidation sites excluding steroid dienone is 1. The van der Waals surface area contributed by atoms with Crippen LogP contribution < -0.4 is 0 Å². The summed E-state index contributed by atoms with van der Waals surface area (Å²) < 4.78 is 5.54. The summed E-state index contributed by atoms with van der Waals surface area (Å²) in [6.45, 7) is 4.16. The average Bonchev–Trinajstić information content (AvgIpc) is 2.43. The van der Waals surface area contributed by atoms with Gasteiger partial charge in [0.1, 0.15) is 5.76 Å². The topological polar surface area (TPSA) is 46.5 Å². The van der Waals surface area contributed by atoms with E-state index in [2.05, 4.69) is 6.92 Å². The SMILES string of the molecule is CCCCOC(C=Cc1ccccc1)=C(C)C(=O)O. The molecule has 19 heavy (non-hydrogen) atoms. The Kier molecular flexibility index (Phi) is 6.44. The lowest BCUT2D eigenvalue weighted by atomic mass is 10.2. The summed E-state index contributed by atoms with van der Waals surface area (Å²) in [4.78, 5) is 11.0. The maximum absolute atomic E-state index is 11.0. The van der Waals surface area contributed by atoms with E-state index in [4.69, 9.17) is 9.84 Å². The molecule has 1 N–H and O–H groups in total. The standard InChI is InChI=1S/C16H20O3/c1-3-4-12-19-15(13(2)16(17)18)11-10-14-8-6-5-7-9-14/h5-11H,3-4,12H2,1-2H3,(H,17,18). The summed E-state index contributed by atoms with van der Waals surface area (Å²) in [7, 11) is 0. The van der Waals surface area contributed by atoms with Crippen molar-refractivity contribution < 1.29 is 14.6 Å². The van der Waals surface area contributed by atoms with Gasteiger partial charge in [0.15, 0.2) is 0 Å². The summed E-state index contributed by atoms with van der Waals surface area (Å²) in [5.41, 5.74) is 1.24. The molecule has 0 aliphatic carbocycles. The molecular formula is C16H20O3. The van der Waals surface area contributed by atoms with E-state index in [9.17, 15) is 4.79 Å². The van der Waals surface area contributed by atoms with Gasteiger partial charge in [-0.1, -0.05) is 49.8 Å². The van der Waals surface area contributed by atoms with E-state index in [1.54, 1.807) is 13.0 Å². The van der Waals surface area contributed by atoms with Gasteiger partial charge in [0.25, 0.3) is 0 Å². The van der Waals surface area contributed by atoms with E-state index < -0.39 is 5.97 Å². The Balaban J connectivity index is 2.83. The number of unbranched alkanes of at least 4 members (excludes halogenated alkanes) is 1. The molecule has 1 aromatic carbocycles. The van der Waals surface area contributed by atoms with Crippen LogP contribution in [0.4, 0.5) is 0 Å². The van der Waals surface area contributed by atoms with E-state index in [0.29, 0.717) is 12.4 Å². The molecule has 1 aromatic rings. The highest BCUT2D eigenvalue weighted by molar-refractivity contribution is 5.87. The molecule has 3 heteroatoms. The Morgan fingerprint density at radius 1 is 1.32 bits per heavy atom. The van der Waals surface area contributed by atoms with Crippen molar-refractivity contribution in [1.82, 2.24) is 0 Å². The minimum Gasteiger partial charge on any atom is -0.493 e. The van der Waals surface area contributed by atoms with Gasteiger partial charge in [0, 0.05) is 0 Å². The summed E-state index contributed by atoms with van der Waals surface area (Å²) in [6.07, 6.45) is 5.50. The minimum absolute atomic E-state index is 0.225. The second-order valence-electron chi connectivity index (χ2n) is 4.24. The Labute approximate surface area is 114 Å². The van der Waals surface area contributed by atoms with Crippen LogP contribution in [0.5, 0.6) is 0 Å². The molecule has 0 saturated heterocycles. The first-order valence-corrected chi connectivity index (χ1v) is 6.45. The summed E-state index contributed by atoms with van der Waals surface area (Å²) in [5, 5.41) is 9.03. The predicted octanol–water partition coefficient (Wildman–Crippen LogP) is 3.88. The predicted molar refractivity (Wildman–Crippen MR) is 76.7 cm³/mol. The molecule has 0 fully saturated rings. The Morgan fingerprint density at radius 3 is 2.58 bits per heavy atom. The van der Waals surface area contributed by atoms with Crippen LogP contribution in [-0.4, -0.2) is 17.7 Å². The Hall–Kier alpha value is -2.03. The molecule has 0 atom stereocenters. The number of rotatable bonds is 7. The maximum Gasteiger partial charge on any atom is 0.335 e. The van der Waals surface area contributed by atoms with Crippen molar-refractivity contribution in [2.45, 2.75) is 26.7 Å². The van der Waals surface area contributed by atoms with Gasteiger partial charge in [-0.05, 0) is 25.0 Å². The van der Waals surface area contributed by atoms with Gasteiger partial charge in [0.2, 0.25) is 0 Å². The van der Waals surface area contributed by atoms with Crippen LogP contribution in [0.15, 0.2) is 47.7 Å². The van der Waals surface area contributed by atoms with Gasteiger partial charge in [0.05, 0.1) is 12.2 Å². The molecule has 0 aliphatic rings. The third-order valence-corrected chi connectivity index (χ3v) is 2.67. The lowest BCUT2D eigenvalue weighted by molar-refractivity contribution is -0.132. The number of ether oxygens (including phenoxy) is 1. The molecule has 102 valence electrons. The largest absolute Gasteiger partial charge is 0.493 e. The van der Waals surface area contributed by atoms with E-state index in [-0.39, 0.29) is 5.57 Å². The first-order valence-electron chi connectivity index (χ1n) is 6.45. The molecule has 1 rings (SSSR count). The molecule has 0 unspecified atom stereocenters. The third kappa shape index (κ3) is 5.42. The number of carbonyl (C=O) groups is 1. The van der Waals surface area contributed by atoms with Crippen LogP contribution >= 0.6 is 0 Å². The molecule has 3 nitrogen and oxygen atoms in total. The number of carboxylic acids is 1. The zero-order chi connectivity index (χ0) is 14.1. The number of benzene rings is 1. The van der Waals surface area contributed by atoms with Gasteiger partial charge in [-0.2, -0.15) is 0 Å². The van der Waals surface area contributed by atoms with Gasteiger partial charge in [-0.15, -0.1) is 0 Å². The quantitative estimate of drug-likeness (QED) is 0.350. The van der Waals surface area contributed by atoms with Gasteiger partial charge < -0.3 is 9.84 Å². The molecule has 0 amide bonds. The van der Waals surface area contributed by atoms with Crippen molar-refractivity contribution in [2.75, 3.05) is 6.61 Å². The highest BCUT2D eigenvalue weighted by Crippen LogP contribution is 2.12. The summed E-state index contributed by atoms with van der Waals surface area (Å²) in [5.74, 6) is -0.533. The maximum atomic E-state index is 11.0. The van der Waals surface area contributed by atoms with Gasteiger partial charge >= 0.3 is 5.97 Å². The first-order chi connectivity index (χ1) is 9.15. The van der Waals surface area contributed by atoms with Crippen LogP contribution in [-0.2, 0) is 9.53 Å². The number of aliphatic carboxylic acids is 1. The van der Waals surface area contributed by atoms with Crippen molar-refractivity contribution >= 4 is 12.0 Å². The molecule has 0 aliphatic heterocycles. The minimum atomic E-state index is -0.954. The lowest BCUT2D eigenvalue weighted by Crippen LogP contribution is -2.03. The van der Waals surface area contributed by atoms with Crippen LogP contribution in [0.3, 0.4) is 0 Å². The number of hydrogen-bond donors (Lipinski definition) is 1. The summed E-state index contributed by atoms with van der Waals surface area (Å²) in [6, 6.07) is 9.72. The smallest absolute Gasteiger partial charge is 0.335 e. The van der Waals surface area contributed by atoms with E-state index >= 15 is 0 Å². The lowest BCUT2D eigenvalue weighted by Gasteiger charge is -2.08. The second kappa shape index (κ2) is 8.14. The Bertz CT molecular complexity index is 458. The van der Waals surface area contributed by atoms with Crippen molar-refractivity contribution in [1.29, 1.82) is 0 Å². The number of carboxylic acid groups (broad SMARTS) is 1. The molecule has 0 saturated carbocycles. The molecule has 0 bridgehead atoms. The highest BCUT2D eigenvalue weighted by Gasteiger charge is 2.08. The second-order valence-corrected chi connectivity index (χ2v) is 4.24. The van der Waals surface area contributed by atoms with Crippen LogP contribution in [0, 0.1) is 0 Å². The van der Waals surface area contributed by atoms with Crippen LogP contribution in [0.25, 0.3) is 6.08 Å². The summed E-state index contributed by atoms with van der Waals surface area (Å²) >= 11 is 0. The monoisotopic (exact) mass is 260 g/mol. The number of hydrogen-bond acceptors (Lipinski definition) is 2. The van der Waals surface area contributed by atoms with E-state index in [0.717, 1.165) is 18.4 Å². The van der Waals surface area contributed by atoms with Crippen molar-refractivity contribution in [3.63, 3.8) is 0 Å². The van der Waals surface area contributed by atoms with Crippen LogP contribution in [0.2, 0.25) is 0 Å². The first kappa shape index (κ1) is 15.0. The average molecular weight is 260 g/mol. The molecule has 0 heterocycles. The fourth-order valence-electron chi connectivity index (χ4n) is 1.45. The van der Waals surface area contributed by atoms with Crippen molar-refractivity contribution in [2.24, 2.45) is 0 Å². The highest BCUT2D eigenvalue weighted by atomic mass is 16.5. The zero-order valence-corrected chi connectivity index (χ0v) is 11.4. The van der Waals surface area contributed by atoms with Crippen molar-refractivity contribution in [3.8, 4) is 0 Å². The van der Waals surface area contributed by atoms with E-state index in [1.165, 1.54) is 0 Å².